The lowest BCUT2D eigenvalue weighted by Gasteiger charge is -2.15. The van der Waals surface area contributed by atoms with Crippen LogP contribution in [0, 0.1) is 5.92 Å². The van der Waals surface area contributed by atoms with Crippen LogP contribution in [0.1, 0.15) is 39.7 Å². The molecule has 0 aliphatic carbocycles. The number of carbonyl (C=O) groups excluding carboxylic acids is 1. The fourth-order valence-electron chi connectivity index (χ4n) is 2.76. The number of amides is 1. The van der Waals surface area contributed by atoms with Gasteiger partial charge in [0.2, 0.25) is 5.91 Å². The Balaban J connectivity index is 2.07. The van der Waals surface area contributed by atoms with Crippen molar-refractivity contribution in [2.75, 3.05) is 23.8 Å². The summed E-state index contributed by atoms with van der Waals surface area (Å²) < 4.78 is 11.3. The first-order chi connectivity index (χ1) is 13.4. The third-order valence-corrected chi connectivity index (χ3v) is 4.18. The molecule has 0 spiro atoms. The van der Waals surface area contributed by atoms with Crippen LogP contribution in [-0.4, -0.2) is 19.1 Å². The Morgan fingerprint density at radius 1 is 1.07 bits per heavy atom. The van der Waals surface area contributed by atoms with E-state index in [1.807, 2.05) is 64.1 Å². The van der Waals surface area contributed by atoms with Crippen molar-refractivity contribution in [2.45, 2.75) is 40.7 Å². The molecule has 0 unspecified atom stereocenters. The van der Waals surface area contributed by atoms with Gasteiger partial charge in [0.15, 0.2) is 11.5 Å². The molecule has 5 nitrogen and oxygen atoms in total. The summed E-state index contributed by atoms with van der Waals surface area (Å²) in [6.45, 7) is 9.50. The molecule has 152 valence electrons. The van der Waals surface area contributed by atoms with E-state index in [4.69, 9.17) is 21.1 Å². The quantitative estimate of drug-likeness (QED) is 0.530. The molecule has 6 heteroatoms. The van der Waals surface area contributed by atoms with Crippen molar-refractivity contribution < 1.29 is 14.3 Å². The van der Waals surface area contributed by atoms with Gasteiger partial charge in [0.1, 0.15) is 0 Å². The van der Waals surface area contributed by atoms with Crippen molar-refractivity contribution in [3.63, 3.8) is 0 Å². The molecule has 0 heterocycles. The fourth-order valence-corrected chi connectivity index (χ4v) is 3.05. The number of carbonyl (C=O) groups is 1. The summed E-state index contributed by atoms with van der Waals surface area (Å²) in [6.07, 6.45) is 0.503. The molecule has 2 N–H and O–H groups in total. The van der Waals surface area contributed by atoms with Crippen molar-refractivity contribution >= 4 is 28.9 Å². The van der Waals surface area contributed by atoms with Crippen LogP contribution < -0.4 is 20.1 Å². The van der Waals surface area contributed by atoms with Gasteiger partial charge >= 0.3 is 0 Å². The summed E-state index contributed by atoms with van der Waals surface area (Å²) >= 11 is 6.37. The zero-order valence-electron chi connectivity index (χ0n) is 17.0. The van der Waals surface area contributed by atoms with Crippen LogP contribution in [0.25, 0.3) is 0 Å². The zero-order valence-corrected chi connectivity index (χ0v) is 17.7. The summed E-state index contributed by atoms with van der Waals surface area (Å²) in [5.41, 5.74) is 2.66. The number of halogens is 1. The van der Waals surface area contributed by atoms with E-state index in [1.54, 1.807) is 0 Å². The SMILES string of the molecule is CCOc1cc(CNc2cccc(NC(=O)CC(C)C)c2)cc(Cl)c1OCC. The first kappa shape index (κ1) is 21.9. The molecule has 1 amide bonds. The Bertz CT molecular complexity index is 793. The highest BCUT2D eigenvalue weighted by Crippen LogP contribution is 2.37. The lowest BCUT2D eigenvalue weighted by atomic mass is 10.1. The van der Waals surface area contributed by atoms with E-state index < -0.39 is 0 Å². The highest BCUT2D eigenvalue weighted by molar-refractivity contribution is 6.32. The van der Waals surface area contributed by atoms with E-state index in [0.717, 1.165) is 16.9 Å². The number of rotatable bonds is 10. The summed E-state index contributed by atoms with van der Waals surface area (Å²) in [5.74, 6) is 1.56. The molecule has 0 bridgehead atoms. The second-order valence-electron chi connectivity index (χ2n) is 6.85. The molecule has 2 rings (SSSR count). The maximum absolute atomic E-state index is 12.0. The van der Waals surface area contributed by atoms with Crippen LogP contribution in [0.5, 0.6) is 11.5 Å². The van der Waals surface area contributed by atoms with Gasteiger partial charge in [-0.05, 0) is 55.7 Å². The van der Waals surface area contributed by atoms with E-state index in [1.165, 1.54) is 0 Å². The molecule has 0 saturated carbocycles. The monoisotopic (exact) mass is 404 g/mol. The molecule has 0 fully saturated rings. The predicted octanol–water partition coefficient (Wildman–Crippen LogP) is 5.73. The Kier molecular flexibility index (Phi) is 8.45. The van der Waals surface area contributed by atoms with Gasteiger partial charge in [-0.1, -0.05) is 31.5 Å². The molecule has 2 aromatic rings. The zero-order chi connectivity index (χ0) is 20.5. The first-order valence-corrected chi connectivity index (χ1v) is 10.0. The van der Waals surface area contributed by atoms with Crippen LogP contribution in [-0.2, 0) is 11.3 Å². The van der Waals surface area contributed by atoms with Crippen LogP contribution in [0.3, 0.4) is 0 Å². The second kappa shape index (κ2) is 10.8. The van der Waals surface area contributed by atoms with Crippen molar-refractivity contribution in [1.29, 1.82) is 0 Å². The van der Waals surface area contributed by atoms with Crippen molar-refractivity contribution in [3.8, 4) is 11.5 Å². The average molecular weight is 405 g/mol. The Labute approximate surface area is 172 Å². The molecule has 28 heavy (non-hydrogen) atoms. The van der Waals surface area contributed by atoms with Gasteiger partial charge < -0.3 is 20.1 Å². The maximum atomic E-state index is 12.0. The lowest BCUT2D eigenvalue weighted by molar-refractivity contribution is -0.116. The molecule has 0 aromatic heterocycles. The molecule has 0 saturated heterocycles. The van der Waals surface area contributed by atoms with Gasteiger partial charge in [0, 0.05) is 24.3 Å². The molecule has 0 aliphatic heterocycles. The van der Waals surface area contributed by atoms with E-state index in [2.05, 4.69) is 10.6 Å². The Hall–Kier alpha value is -2.40. The fraction of sp³-hybridized carbons (Fsp3) is 0.409. The van der Waals surface area contributed by atoms with Crippen LogP contribution in [0.4, 0.5) is 11.4 Å². The standard InChI is InChI=1S/C22H29ClN2O3/c1-5-27-20-12-16(11-19(23)22(20)28-6-2)14-24-17-8-7-9-18(13-17)25-21(26)10-15(3)4/h7-9,11-13,15,24H,5-6,10,14H2,1-4H3,(H,25,26). The van der Waals surface area contributed by atoms with Gasteiger partial charge in [-0.3, -0.25) is 4.79 Å². The summed E-state index contributed by atoms with van der Waals surface area (Å²) in [4.78, 5) is 12.0. The van der Waals surface area contributed by atoms with Gasteiger partial charge in [-0.2, -0.15) is 0 Å². The minimum Gasteiger partial charge on any atom is -0.490 e. The number of benzene rings is 2. The van der Waals surface area contributed by atoms with Gasteiger partial charge in [-0.25, -0.2) is 0 Å². The van der Waals surface area contributed by atoms with Crippen LogP contribution >= 0.6 is 11.6 Å². The topological polar surface area (TPSA) is 59.6 Å². The smallest absolute Gasteiger partial charge is 0.224 e. The maximum Gasteiger partial charge on any atom is 0.224 e. The number of nitrogens with one attached hydrogen (secondary N) is 2. The number of ether oxygens (including phenoxy) is 2. The lowest BCUT2D eigenvalue weighted by Crippen LogP contribution is -2.13. The first-order valence-electron chi connectivity index (χ1n) is 9.64. The number of hydrogen-bond acceptors (Lipinski definition) is 4. The van der Waals surface area contributed by atoms with Gasteiger partial charge in [0.05, 0.1) is 18.2 Å². The van der Waals surface area contributed by atoms with Gasteiger partial charge in [-0.15, -0.1) is 0 Å². The molecular weight excluding hydrogens is 376 g/mol. The highest BCUT2D eigenvalue weighted by Gasteiger charge is 2.12. The molecule has 0 radical (unpaired) electrons. The number of anilines is 2. The molecule has 0 aliphatic rings. The third kappa shape index (κ3) is 6.64. The van der Waals surface area contributed by atoms with Crippen LogP contribution in [0.2, 0.25) is 5.02 Å². The highest BCUT2D eigenvalue weighted by atomic mass is 35.5. The van der Waals surface area contributed by atoms with Crippen molar-refractivity contribution in [3.05, 3.63) is 47.0 Å². The van der Waals surface area contributed by atoms with Gasteiger partial charge in [0.25, 0.3) is 0 Å². The summed E-state index contributed by atoms with van der Waals surface area (Å²) in [5, 5.41) is 6.82. The normalized spacial score (nSPS) is 10.6. The average Bonchev–Trinajstić information content (AvgIpc) is 2.62. The molecule has 2 aromatic carbocycles. The van der Waals surface area contributed by atoms with E-state index in [9.17, 15) is 4.79 Å². The Morgan fingerprint density at radius 3 is 2.46 bits per heavy atom. The van der Waals surface area contributed by atoms with Crippen molar-refractivity contribution in [1.82, 2.24) is 0 Å². The van der Waals surface area contributed by atoms with Crippen molar-refractivity contribution in [2.24, 2.45) is 5.92 Å². The summed E-state index contributed by atoms with van der Waals surface area (Å²) in [6, 6.07) is 11.5. The summed E-state index contributed by atoms with van der Waals surface area (Å²) in [7, 11) is 0. The van der Waals surface area contributed by atoms with E-state index in [-0.39, 0.29) is 5.91 Å². The second-order valence-corrected chi connectivity index (χ2v) is 7.26. The number of hydrogen-bond donors (Lipinski definition) is 2. The predicted molar refractivity (Wildman–Crippen MR) is 116 cm³/mol. The Morgan fingerprint density at radius 2 is 1.79 bits per heavy atom. The third-order valence-electron chi connectivity index (χ3n) is 3.89. The van der Waals surface area contributed by atoms with E-state index in [0.29, 0.717) is 48.6 Å². The van der Waals surface area contributed by atoms with Crippen LogP contribution in [0.15, 0.2) is 36.4 Å². The minimum absolute atomic E-state index is 0.0202. The largest absolute Gasteiger partial charge is 0.490 e. The minimum atomic E-state index is 0.0202. The molecule has 0 atom stereocenters. The van der Waals surface area contributed by atoms with E-state index >= 15 is 0 Å². The molecular formula is C22H29ClN2O3.